The minimum Gasteiger partial charge on any atom is -0.481 e. The maximum Gasteiger partial charge on any atom is 0.408 e. The van der Waals surface area contributed by atoms with Crippen LogP contribution in [0, 0.1) is 0 Å². The normalized spacial score (nSPS) is 32.0. The molecule has 0 spiro atoms. The van der Waals surface area contributed by atoms with E-state index < -0.39 is 5.97 Å². The first-order valence-corrected chi connectivity index (χ1v) is 5.47. The smallest absolute Gasteiger partial charge is 0.408 e. The quantitative estimate of drug-likeness (QED) is 0.671. The van der Waals surface area contributed by atoms with Gasteiger partial charge >= 0.3 is 12.1 Å². The molecule has 2 saturated heterocycles. The number of carboxylic acids is 1. The molecule has 0 aromatic heterocycles. The Morgan fingerprint density at radius 1 is 1.50 bits per heavy atom. The summed E-state index contributed by atoms with van der Waals surface area (Å²) in [7, 11) is 0. The van der Waals surface area contributed by atoms with Crippen molar-refractivity contribution in [1.82, 2.24) is 5.32 Å². The molecular weight excluding hydrogens is 214 g/mol. The molecule has 0 aromatic carbocycles. The van der Waals surface area contributed by atoms with E-state index in [1.807, 2.05) is 0 Å². The van der Waals surface area contributed by atoms with Gasteiger partial charge in [-0.2, -0.15) is 0 Å². The average molecular weight is 229 g/mol. The highest BCUT2D eigenvalue weighted by atomic mass is 16.6. The molecule has 0 aliphatic carbocycles. The molecule has 1 amide bonds. The van der Waals surface area contributed by atoms with E-state index in [4.69, 9.17) is 14.6 Å². The summed E-state index contributed by atoms with van der Waals surface area (Å²) in [5.74, 6) is -0.779. The molecule has 90 valence electrons. The van der Waals surface area contributed by atoms with Crippen LogP contribution in [-0.2, 0) is 14.3 Å². The van der Waals surface area contributed by atoms with Crippen molar-refractivity contribution in [3.05, 3.63) is 0 Å². The summed E-state index contributed by atoms with van der Waals surface area (Å²) in [5.41, 5.74) is 0. The second kappa shape index (κ2) is 4.69. The number of ether oxygens (including phenoxy) is 2. The summed E-state index contributed by atoms with van der Waals surface area (Å²) < 4.78 is 10.6. The van der Waals surface area contributed by atoms with Crippen molar-refractivity contribution < 1.29 is 24.2 Å². The number of hydrogen-bond donors (Lipinski definition) is 2. The van der Waals surface area contributed by atoms with Gasteiger partial charge in [-0.25, -0.2) is 4.79 Å². The summed E-state index contributed by atoms with van der Waals surface area (Å²) in [6.07, 6.45) is 1.66. The van der Waals surface area contributed by atoms with Crippen molar-refractivity contribution in [2.24, 2.45) is 0 Å². The van der Waals surface area contributed by atoms with Crippen LogP contribution in [0.1, 0.15) is 25.7 Å². The number of carbonyl (C=O) groups is 2. The predicted molar refractivity (Wildman–Crippen MR) is 53.0 cm³/mol. The Bertz CT molecular complexity index is 293. The fourth-order valence-electron chi connectivity index (χ4n) is 2.14. The van der Waals surface area contributed by atoms with Gasteiger partial charge in [0.2, 0.25) is 0 Å². The number of unbranched alkanes of at least 4 members (excludes halogenated alkanes) is 1. The Morgan fingerprint density at radius 2 is 2.31 bits per heavy atom. The van der Waals surface area contributed by atoms with E-state index in [9.17, 15) is 9.59 Å². The van der Waals surface area contributed by atoms with Crippen LogP contribution in [0.2, 0.25) is 0 Å². The Kier molecular flexibility index (Phi) is 3.28. The van der Waals surface area contributed by atoms with Crippen molar-refractivity contribution in [3.8, 4) is 0 Å². The number of carbonyl (C=O) groups excluding carboxylic acids is 1. The summed E-state index contributed by atoms with van der Waals surface area (Å²) in [5, 5.41) is 11.2. The van der Waals surface area contributed by atoms with Crippen LogP contribution < -0.4 is 5.32 Å². The summed E-state index contributed by atoms with van der Waals surface area (Å²) in [6, 6.07) is -0.0306. The van der Waals surface area contributed by atoms with Gasteiger partial charge in [-0.1, -0.05) is 6.42 Å². The fraction of sp³-hybridized carbons (Fsp3) is 0.800. The highest BCUT2D eigenvalue weighted by Crippen LogP contribution is 2.26. The van der Waals surface area contributed by atoms with Crippen molar-refractivity contribution in [2.45, 2.75) is 43.9 Å². The molecule has 2 N–H and O–H groups in total. The van der Waals surface area contributed by atoms with E-state index in [0.29, 0.717) is 13.0 Å². The largest absolute Gasteiger partial charge is 0.481 e. The van der Waals surface area contributed by atoms with Crippen LogP contribution in [0.3, 0.4) is 0 Å². The van der Waals surface area contributed by atoms with Crippen LogP contribution in [-0.4, -0.2) is 42.0 Å². The summed E-state index contributed by atoms with van der Waals surface area (Å²) in [6.45, 7) is 0.486. The number of amides is 1. The number of alkyl carbamates (subject to hydrolysis) is 1. The lowest BCUT2D eigenvalue weighted by atomic mass is 10.0. The first-order chi connectivity index (χ1) is 7.66. The molecule has 2 fully saturated rings. The van der Waals surface area contributed by atoms with Crippen LogP contribution in [0.4, 0.5) is 4.79 Å². The van der Waals surface area contributed by atoms with E-state index in [-0.39, 0.29) is 30.8 Å². The molecule has 0 bridgehead atoms. The number of nitrogens with one attached hydrogen (secondary N) is 1. The van der Waals surface area contributed by atoms with Gasteiger partial charge in [-0.3, -0.25) is 4.79 Å². The molecule has 0 aromatic rings. The first-order valence-electron chi connectivity index (χ1n) is 5.47. The molecule has 0 radical (unpaired) electrons. The van der Waals surface area contributed by atoms with Crippen molar-refractivity contribution >= 4 is 12.1 Å². The van der Waals surface area contributed by atoms with Gasteiger partial charge < -0.3 is 19.9 Å². The highest BCUT2D eigenvalue weighted by molar-refractivity contribution is 5.70. The maximum atomic E-state index is 11.0. The standard InChI is InChI=1S/C10H15NO5/c12-8(13)4-2-1-3-7-9-6(5-15-7)11-10(14)16-9/h6-7,9H,1-5H2,(H,11,14)(H,12,13)/t6-,7-,9-/m0/s1. The minimum absolute atomic E-state index is 0.0306. The number of fused-ring (bicyclic) bond motifs is 1. The zero-order valence-corrected chi connectivity index (χ0v) is 8.85. The lowest BCUT2D eigenvalue weighted by molar-refractivity contribution is -0.137. The monoisotopic (exact) mass is 229 g/mol. The molecule has 2 aliphatic rings. The topological polar surface area (TPSA) is 84.9 Å². The average Bonchev–Trinajstić information content (AvgIpc) is 2.72. The van der Waals surface area contributed by atoms with Crippen molar-refractivity contribution in [1.29, 1.82) is 0 Å². The van der Waals surface area contributed by atoms with Crippen LogP contribution in [0.25, 0.3) is 0 Å². The van der Waals surface area contributed by atoms with E-state index in [1.54, 1.807) is 0 Å². The van der Waals surface area contributed by atoms with E-state index >= 15 is 0 Å². The van der Waals surface area contributed by atoms with Crippen LogP contribution in [0.5, 0.6) is 0 Å². The minimum atomic E-state index is -0.779. The molecule has 16 heavy (non-hydrogen) atoms. The first kappa shape index (κ1) is 11.2. The van der Waals surface area contributed by atoms with Gasteiger partial charge in [0, 0.05) is 6.42 Å². The Labute approximate surface area is 92.9 Å². The van der Waals surface area contributed by atoms with E-state index in [2.05, 4.69) is 5.32 Å². The van der Waals surface area contributed by atoms with Gasteiger partial charge in [-0.05, 0) is 12.8 Å². The Balaban J connectivity index is 1.70. The molecule has 3 atom stereocenters. The molecule has 2 heterocycles. The third-order valence-corrected chi connectivity index (χ3v) is 2.93. The zero-order chi connectivity index (χ0) is 11.5. The molecule has 0 saturated carbocycles. The van der Waals surface area contributed by atoms with Gasteiger partial charge in [0.1, 0.15) is 0 Å². The zero-order valence-electron chi connectivity index (χ0n) is 8.85. The lowest BCUT2D eigenvalue weighted by Gasteiger charge is -2.14. The Morgan fingerprint density at radius 3 is 3.06 bits per heavy atom. The summed E-state index contributed by atoms with van der Waals surface area (Å²) in [4.78, 5) is 21.3. The van der Waals surface area contributed by atoms with Gasteiger partial charge in [0.05, 0.1) is 18.8 Å². The van der Waals surface area contributed by atoms with Gasteiger partial charge in [-0.15, -0.1) is 0 Å². The molecular formula is C10H15NO5. The number of rotatable bonds is 5. The molecule has 6 nitrogen and oxygen atoms in total. The molecule has 2 aliphatic heterocycles. The van der Waals surface area contributed by atoms with Gasteiger partial charge in [0.25, 0.3) is 0 Å². The molecule has 0 unspecified atom stereocenters. The Hall–Kier alpha value is -1.30. The third-order valence-electron chi connectivity index (χ3n) is 2.93. The van der Waals surface area contributed by atoms with Crippen LogP contribution in [0.15, 0.2) is 0 Å². The van der Waals surface area contributed by atoms with Crippen molar-refractivity contribution in [3.63, 3.8) is 0 Å². The second-order valence-corrected chi connectivity index (χ2v) is 4.13. The van der Waals surface area contributed by atoms with Gasteiger partial charge in [0.15, 0.2) is 6.10 Å². The third kappa shape index (κ3) is 2.44. The fourth-order valence-corrected chi connectivity index (χ4v) is 2.14. The highest BCUT2D eigenvalue weighted by Gasteiger charge is 2.45. The van der Waals surface area contributed by atoms with Crippen molar-refractivity contribution in [2.75, 3.05) is 6.61 Å². The van der Waals surface area contributed by atoms with E-state index in [0.717, 1.165) is 12.8 Å². The number of carboxylic acid groups (broad SMARTS) is 1. The molecule has 6 heteroatoms. The number of hydrogen-bond acceptors (Lipinski definition) is 4. The molecule has 2 rings (SSSR count). The second-order valence-electron chi connectivity index (χ2n) is 4.13. The maximum absolute atomic E-state index is 11.0. The SMILES string of the molecule is O=C(O)CCCC[C@@H]1OC[C@@H]2NC(=O)O[C@@H]21. The number of aliphatic carboxylic acids is 1. The lowest BCUT2D eigenvalue weighted by Crippen LogP contribution is -2.32. The van der Waals surface area contributed by atoms with Crippen LogP contribution >= 0.6 is 0 Å². The summed E-state index contributed by atoms with van der Waals surface area (Å²) >= 11 is 0. The predicted octanol–water partition coefficient (Wildman–Crippen LogP) is 0.507. The van der Waals surface area contributed by atoms with E-state index in [1.165, 1.54) is 0 Å².